The molecule has 4 rings (SSSR count). The largest absolute Gasteiger partial charge is 0.486 e. The number of fused-ring (bicyclic) bond motifs is 2. The summed E-state index contributed by atoms with van der Waals surface area (Å²) < 4.78 is 11.1. The lowest BCUT2D eigenvalue weighted by Gasteiger charge is -2.19. The molecule has 0 unspecified atom stereocenters. The van der Waals surface area contributed by atoms with E-state index in [0.717, 1.165) is 22.4 Å². The fraction of sp³-hybridized carbons (Fsp3) is 0.188. The predicted molar refractivity (Wildman–Crippen MR) is 89.8 cm³/mol. The van der Waals surface area contributed by atoms with Gasteiger partial charge in [-0.05, 0) is 24.6 Å². The van der Waals surface area contributed by atoms with E-state index in [9.17, 15) is 9.90 Å². The quantitative estimate of drug-likeness (QED) is 0.754. The summed E-state index contributed by atoms with van der Waals surface area (Å²) in [6.07, 6.45) is 1.42. The van der Waals surface area contributed by atoms with Gasteiger partial charge in [-0.2, -0.15) is 0 Å². The molecule has 0 atom stereocenters. The van der Waals surface area contributed by atoms with Crippen LogP contribution >= 0.6 is 11.3 Å². The van der Waals surface area contributed by atoms with Crippen molar-refractivity contribution < 1.29 is 19.4 Å². The van der Waals surface area contributed by atoms with E-state index < -0.39 is 5.97 Å². The Labute approximate surface area is 140 Å². The van der Waals surface area contributed by atoms with Gasteiger partial charge in [-0.3, -0.25) is 0 Å². The number of anilines is 2. The van der Waals surface area contributed by atoms with E-state index in [1.165, 1.54) is 6.33 Å². The lowest BCUT2D eigenvalue weighted by Crippen LogP contribution is -2.15. The Bertz CT molecular complexity index is 954. The second-order valence-corrected chi connectivity index (χ2v) is 6.25. The Kier molecular flexibility index (Phi) is 3.46. The molecule has 0 saturated carbocycles. The summed E-state index contributed by atoms with van der Waals surface area (Å²) in [6, 6.07) is 5.53. The van der Waals surface area contributed by atoms with E-state index in [0.29, 0.717) is 40.9 Å². The molecule has 2 N–H and O–H groups in total. The summed E-state index contributed by atoms with van der Waals surface area (Å²) in [4.78, 5) is 20.7. The van der Waals surface area contributed by atoms with Crippen molar-refractivity contribution in [3.63, 3.8) is 0 Å². The smallest absolute Gasteiger partial charge is 0.346 e. The Morgan fingerprint density at radius 2 is 2.04 bits per heavy atom. The van der Waals surface area contributed by atoms with Crippen LogP contribution in [0.2, 0.25) is 0 Å². The van der Waals surface area contributed by atoms with Crippen molar-refractivity contribution in [2.45, 2.75) is 6.92 Å². The number of aryl methyl sites for hydroxylation is 1. The van der Waals surface area contributed by atoms with Gasteiger partial charge in [0.15, 0.2) is 11.5 Å². The number of benzene rings is 1. The number of nitrogens with one attached hydrogen (secondary N) is 1. The first-order valence-electron chi connectivity index (χ1n) is 7.27. The summed E-state index contributed by atoms with van der Waals surface area (Å²) in [5, 5.41) is 13.2. The molecule has 0 bridgehead atoms. The highest BCUT2D eigenvalue weighted by Gasteiger charge is 2.19. The number of hydrogen-bond acceptors (Lipinski definition) is 7. The van der Waals surface area contributed by atoms with Gasteiger partial charge in [0.25, 0.3) is 0 Å². The van der Waals surface area contributed by atoms with Crippen molar-refractivity contribution >= 4 is 39.0 Å². The zero-order valence-electron chi connectivity index (χ0n) is 12.7. The molecular weight excluding hydrogens is 330 g/mol. The summed E-state index contributed by atoms with van der Waals surface area (Å²) in [6.45, 7) is 2.82. The molecular formula is C16H13N3O4S. The highest BCUT2D eigenvalue weighted by atomic mass is 32.1. The molecule has 8 heteroatoms. The topological polar surface area (TPSA) is 93.6 Å². The number of hydrogen-bond donors (Lipinski definition) is 2. The minimum Gasteiger partial charge on any atom is -0.486 e. The Morgan fingerprint density at radius 3 is 2.83 bits per heavy atom. The predicted octanol–water partition coefficient (Wildman–Crippen LogP) is 3.21. The maximum Gasteiger partial charge on any atom is 0.346 e. The van der Waals surface area contributed by atoms with Gasteiger partial charge in [0.1, 0.15) is 35.1 Å². The van der Waals surface area contributed by atoms with Crippen molar-refractivity contribution in [3.8, 4) is 11.5 Å². The fourth-order valence-electron chi connectivity index (χ4n) is 2.63. The summed E-state index contributed by atoms with van der Waals surface area (Å²) in [5.74, 6) is 0.989. The average Bonchev–Trinajstić information content (AvgIpc) is 2.93. The minimum atomic E-state index is -0.958. The van der Waals surface area contributed by atoms with Gasteiger partial charge in [-0.25, -0.2) is 14.8 Å². The van der Waals surface area contributed by atoms with Gasteiger partial charge in [0.05, 0.1) is 5.39 Å². The number of carbonyl (C=O) groups is 1. The van der Waals surface area contributed by atoms with Crippen LogP contribution in [-0.2, 0) is 0 Å². The van der Waals surface area contributed by atoms with Crippen molar-refractivity contribution in [2.75, 3.05) is 18.5 Å². The van der Waals surface area contributed by atoms with Crippen LogP contribution < -0.4 is 14.8 Å². The number of aromatic carboxylic acids is 1. The van der Waals surface area contributed by atoms with Crippen LogP contribution in [0.4, 0.5) is 11.5 Å². The molecule has 0 amide bonds. The number of carboxylic acids is 1. The van der Waals surface area contributed by atoms with E-state index in [1.54, 1.807) is 6.92 Å². The molecule has 3 heterocycles. The number of nitrogens with zero attached hydrogens (tertiary/aromatic N) is 2. The fourth-order valence-corrected chi connectivity index (χ4v) is 3.62. The highest BCUT2D eigenvalue weighted by Crippen LogP contribution is 2.37. The second-order valence-electron chi connectivity index (χ2n) is 5.25. The van der Waals surface area contributed by atoms with Crippen molar-refractivity contribution in [3.05, 3.63) is 35.0 Å². The molecule has 2 aromatic heterocycles. The molecule has 1 aromatic carbocycles. The molecule has 0 fully saturated rings. The molecule has 1 aliphatic rings. The lowest BCUT2D eigenvalue weighted by molar-refractivity contribution is 0.0701. The lowest BCUT2D eigenvalue weighted by atomic mass is 10.2. The Balaban J connectivity index is 1.76. The van der Waals surface area contributed by atoms with Gasteiger partial charge in [0.2, 0.25) is 0 Å². The first-order valence-corrected chi connectivity index (χ1v) is 8.09. The van der Waals surface area contributed by atoms with Gasteiger partial charge in [-0.15, -0.1) is 11.3 Å². The summed E-state index contributed by atoms with van der Waals surface area (Å²) in [5.41, 5.74) is 1.44. The van der Waals surface area contributed by atoms with E-state index in [2.05, 4.69) is 15.3 Å². The summed E-state index contributed by atoms with van der Waals surface area (Å²) >= 11 is 1.14. The van der Waals surface area contributed by atoms with Crippen LogP contribution in [0.15, 0.2) is 24.5 Å². The third kappa shape index (κ3) is 2.41. The third-order valence-corrected chi connectivity index (χ3v) is 4.91. The maximum atomic E-state index is 11.3. The average molecular weight is 343 g/mol. The van der Waals surface area contributed by atoms with Crippen LogP contribution in [0.25, 0.3) is 10.2 Å². The van der Waals surface area contributed by atoms with E-state index in [4.69, 9.17) is 9.47 Å². The number of ether oxygens (including phenoxy) is 2. The molecule has 1 aliphatic heterocycles. The number of carboxylic acid groups (broad SMARTS) is 1. The standard InChI is InChI=1S/C16H13N3O4S/c1-8-12-14(17-7-18-15(12)24-13(8)16(20)21)19-9-2-3-10-11(6-9)23-5-4-22-10/h2-3,6-7H,4-5H2,1H3,(H,20,21)(H,17,18,19). The van der Waals surface area contributed by atoms with Crippen LogP contribution in [-0.4, -0.2) is 34.3 Å². The zero-order chi connectivity index (χ0) is 16.7. The van der Waals surface area contributed by atoms with Crippen LogP contribution in [0.5, 0.6) is 11.5 Å². The van der Waals surface area contributed by atoms with Gasteiger partial charge < -0.3 is 19.9 Å². The van der Waals surface area contributed by atoms with Gasteiger partial charge >= 0.3 is 5.97 Å². The number of thiophene rings is 1. The molecule has 24 heavy (non-hydrogen) atoms. The van der Waals surface area contributed by atoms with E-state index in [-0.39, 0.29) is 4.88 Å². The molecule has 0 saturated heterocycles. The number of aromatic nitrogens is 2. The molecule has 0 aliphatic carbocycles. The summed E-state index contributed by atoms with van der Waals surface area (Å²) in [7, 11) is 0. The van der Waals surface area contributed by atoms with Gasteiger partial charge in [-0.1, -0.05) is 0 Å². The van der Waals surface area contributed by atoms with Crippen LogP contribution in [0, 0.1) is 6.92 Å². The van der Waals surface area contributed by atoms with Crippen molar-refractivity contribution in [1.29, 1.82) is 0 Å². The molecule has 122 valence electrons. The molecule has 3 aromatic rings. The van der Waals surface area contributed by atoms with E-state index >= 15 is 0 Å². The van der Waals surface area contributed by atoms with Crippen molar-refractivity contribution in [2.24, 2.45) is 0 Å². The van der Waals surface area contributed by atoms with Gasteiger partial charge in [0, 0.05) is 11.8 Å². The molecule has 7 nitrogen and oxygen atoms in total. The normalized spacial score (nSPS) is 13.0. The SMILES string of the molecule is Cc1c(C(=O)O)sc2ncnc(Nc3ccc4c(c3)OCCO4)c12. The van der Waals surface area contributed by atoms with Crippen LogP contribution in [0.3, 0.4) is 0 Å². The Hall–Kier alpha value is -2.87. The highest BCUT2D eigenvalue weighted by molar-refractivity contribution is 7.20. The zero-order valence-corrected chi connectivity index (χ0v) is 13.5. The first kappa shape index (κ1) is 14.7. The Morgan fingerprint density at radius 1 is 1.25 bits per heavy atom. The first-order chi connectivity index (χ1) is 11.6. The monoisotopic (exact) mass is 343 g/mol. The van der Waals surface area contributed by atoms with Crippen LogP contribution in [0.1, 0.15) is 15.2 Å². The van der Waals surface area contributed by atoms with Crippen molar-refractivity contribution in [1.82, 2.24) is 9.97 Å². The maximum absolute atomic E-state index is 11.3. The molecule has 0 radical (unpaired) electrons. The molecule has 0 spiro atoms. The minimum absolute atomic E-state index is 0.274. The second kappa shape index (κ2) is 5.64. The van der Waals surface area contributed by atoms with E-state index in [1.807, 2.05) is 18.2 Å². The number of rotatable bonds is 3. The third-order valence-electron chi connectivity index (χ3n) is 3.73.